The van der Waals surface area contributed by atoms with Gasteiger partial charge in [0, 0.05) is 31.5 Å². The molecule has 11 heteroatoms. The van der Waals surface area contributed by atoms with E-state index in [2.05, 4.69) is 25.3 Å². The van der Waals surface area contributed by atoms with Gasteiger partial charge in [0.15, 0.2) is 11.5 Å². The first-order valence-corrected chi connectivity index (χ1v) is 13.1. The van der Waals surface area contributed by atoms with Gasteiger partial charge in [-0.15, -0.1) is 0 Å². The third-order valence-electron chi connectivity index (χ3n) is 6.76. The molecule has 2 aliphatic rings. The second-order valence-electron chi connectivity index (χ2n) is 9.45. The van der Waals surface area contributed by atoms with Gasteiger partial charge in [-0.2, -0.15) is 4.98 Å². The monoisotopic (exact) mass is 527 g/mol. The number of carbonyl (C=O) groups is 1. The fourth-order valence-corrected chi connectivity index (χ4v) is 4.78. The molecular weight excluding hydrogens is 498 g/mol. The van der Waals surface area contributed by atoms with E-state index in [1.54, 1.807) is 18.3 Å². The molecule has 1 amide bonds. The molecule has 3 aromatic rings. The number of carbonyl (C=O) groups excluding carboxylic acids is 1. The summed E-state index contributed by atoms with van der Waals surface area (Å²) in [5.74, 6) is -0.118. The predicted octanol–water partition coefficient (Wildman–Crippen LogP) is 2.61. The van der Waals surface area contributed by atoms with Gasteiger partial charge in [0.1, 0.15) is 11.2 Å². The molecule has 0 fully saturated rings. The highest BCUT2D eigenvalue weighted by Gasteiger charge is 2.18. The molecule has 5 rings (SSSR count). The van der Waals surface area contributed by atoms with Crippen molar-refractivity contribution in [1.82, 2.24) is 34.4 Å². The van der Waals surface area contributed by atoms with Crippen molar-refractivity contribution in [3.8, 4) is 11.5 Å². The van der Waals surface area contributed by atoms with E-state index >= 15 is 0 Å². The van der Waals surface area contributed by atoms with Crippen LogP contribution >= 0.6 is 0 Å². The number of unbranched alkanes of at least 4 members (excludes halogenated alkanes) is 3. The lowest BCUT2D eigenvalue weighted by Gasteiger charge is -2.16. The van der Waals surface area contributed by atoms with Gasteiger partial charge in [0.05, 0.1) is 16.4 Å². The van der Waals surface area contributed by atoms with Gasteiger partial charge in [0.25, 0.3) is 11.5 Å². The predicted molar refractivity (Wildman–Crippen MR) is 148 cm³/mol. The molecule has 2 aliphatic heterocycles. The zero-order chi connectivity index (χ0) is 27.5. The van der Waals surface area contributed by atoms with E-state index in [1.165, 1.54) is 0 Å². The summed E-state index contributed by atoms with van der Waals surface area (Å²) < 4.78 is 3.69. The molecule has 0 saturated heterocycles. The molecule has 2 N–H and O–H groups in total. The van der Waals surface area contributed by atoms with Crippen molar-refractivity contribution in [2.45, 2.75) is 52.6 Å². The second-order valence-corrected chi connectivity index (χ2v) is 9.45. The summed E-state index contributed by atoms with van der Waals surface area (Å²) in [4.78, 5) is 65.0. The number of H-pyrrole nitrogens is 1. The first-order chi connectivity index (χ1) is 18.9. The maximum absolute atomic E-state index is 12.9. The molecule has 0 saturated carbocycles. The minimum Gasteiger partial charge on any atom is -0.352 e. The standard InChI is InChI=1S/C28H29N7O4/c1-3-34-16-19(23(36)18-13-12-17(2)30-24(18)34)26(37)29-14-8-4-5-9-15-35-21-11-7-6-10-20(21)31-22-25(35)32-28(39)33-27(22)38/h6-7,10-13,16H,3-5,8-9,14-15H2,1-2H3,(H,29,37)(H,33,38,39). The number of aromatic amines is 1. The summed E-state index contributed by atoms with van der Waals surface area (Å²) >= 11 is 0. The van der Waals surface area contributed by atoms with Crippen molar-refractivity contribution < 1.29 is 4.79 Å². The SMILES string of the molecule is CCn1cc(C(=O)NCCCCCCn2c3nc(=O)[nH]c(=O)c-3nc3ccccc32)c(=O)c2ccc(C)nc21. The number of nitrogens with one attached hydrogen (secondary N) is 2. The van der Waals surface area contributed by atoms with Crippen LogP contribution in [-0.2, 0) is 13.1 Å². The van der Waals surface area contributed by atoms with Gasteiger partial charge in [-0.3, -0.25) is 19.4 Å². The molecule has 0 spiro atoms. The molecule has 0 bridgehead atoms. The van der Waals surface area contributed by atoms with E-state index < -0.39 is 11.2 Å². The normalized spacial score (nSPS) is 11.4. The lowest BCUT2D eigenvalue weighted by atomic mass is 10.1. The summed E-state index contributed by atoms with van der Waals surface area (Å²) in [5.41, 5.74) is 1.53. The number of aromatic nitrogens is 6. The highest BCUT2D eigenvalue weighted by atomic mass is 16.2. The minimum absolute atomic E-state index is 0.114. The summed E-state index contributed by atoms with van der Waals surface area (Å²) in [6, 6.07) is 10.9. The van der Waals surface area contributed by atoms with Crippen molar-refractivity contribution in [3.05, 3.63) is 84.9 Å². The number of pyridine rings is 2. The Morgan fingerprint density at radius 3 is 2.59 bits per heavy atom. The fourth-order valence-electron chi connectivity index (χ4n) is 4.78. The molecule has 0 unspecified atom stereocenters. The smallest absolute Gasteiger partial charge is 0.349 e. The second kappa shape index (κ2) is 11.0. The van der Waals surface area contributed by atoms with E-state index in [-0.39, 0.29) is 28.4 Å². The topological polar surface area (TPSA) is 145 Å². The van der Waals surface area contributed by atoms with Crippen molar-refractivity contribution in [1.29, 1.82) is 0 Å². The van der Waals surface area contributed by atoms with E-state index in [0.717, 1.165) is 36.9 Å². The van der Waals surface area contributed by atoms with E-state index in [4.69, 9.17) is 0 Å². The molecular formula is C28H29N7O4. The Hall–Kier alpha value is -4.67. The van der Waals surface area contributed by atoms with Crippen LogP contribution in [0.4, 0.5) is 0 Å². The Kier molecular flexibility index (Phi) is 7.31. The van der Waals surface area contributed by atoms with Crippen molar-refractivity contribution in [2.24, 2.45) is 0 Å². The van der Waals surface area contributed by atoms with Crippen LogP contribution in [-0.4, -0.2) is 41.5 Å². The summed E-state index contributed by atoms with van der Waals surface area (Å²) in [6.45, 7) is 5.40. The maximum Gasteiger partial charge on any atom is 0.349 e. The minimum atomic E-state index is -0.697. The van der Waals surface area contributed by atoms with Crippen molar-refractivity contribution in [2.75, 3.05) is 6.54 Å². The number of hydrogen-bond acceptors (Lipinski definition) is 7. The molecule has 2 aromatic heterocycles. The Balaban J connectivity index is 1.20. The van der Waals surface area contributed by atoms with Crippen LogP contribution in [0.2, 0.25) is 0 Å². The summed E-state index contributed by atoms with van der Waals surface area (Å²) in [6.07, 6.45) is 4.82. The quantitative estimate of drug-likeness (QED) is 0.221. The van der Waals surface area contributed by atoms with Crippen LogP contribution in [0.25, 0.3) is 33.6 Å². The lowest BCUT2D eigenvalue weighted by Crippen LogP contribution is -2.30. The van der Waals surface area contributed by atoms with Gasteiger partial charge in [0.2, 0.25) is 5.43 Å². The average Bonchev–Trinajstić information content (AvgIpc) is 2.92. The Morgan fingerprint density at radius 1 is 0.974 bits per heavy atom. The fraction of sp³-hybridized carbons (Fsp3) is 0.321. The summed E-state index contributed by atoms with van der Waals surface area (Å²) in [7, 11) is 0. The number of rotatable bonds is 9. The number of fused-ring (bicyclic) bond motifs is 3. The lowest BCUT2D eigenvalue weighted by molar-refractivity contribution is 0.0951. The van der Waals surface area contributed by atoms with Gasteiger partial charge >= 0.3 is 5.69 Å². The van der Waals surface area contributed by atoms with Crippen LogP contribution < -0.4 is 22.0 Å². The molecule has 11 nitrogen and oxygen atoms in total. The van der Waals surface area contributed by atoms with Crippen molar-refractivity contribution in [3.63, 3.8) is 0 Å². The number of nitrogens with zero attached hydrogens (tertiary/aromatic N) is 5. The average molecular weight is 528 g/mol. The van der Waals surface area contributed by atoms with Crippen LogP contribution in [0, 0.1) is 6.92 Å². The highest BCUT2D eigenvalue weighted by Crippen LogP contribution is 2.21. The molecule has 0 radical (unpaired) electrons. The van der Waals surface area contributed by atoms with Crippen LogP contribution in [0.5, 0.6) is 0 Å². The number of hydrogen-bond donors (Lipinski definition) is 2. The Bertz CT molecular complexity index is 1840. The highest BCUT2D eigenvalue weighted by molar-refractivity contribution is 5.96. The molecule has 200 valence electrons. The van der Waals surface area contributed by atoms with Gasteiger partial charge in [-0.25, -0.2) is 14.8 Å². The molecule has 1 aromatic carbocycles. The molecule has 4 heterocycles. The van der Waals surface area contributed by atoms with Gasteiger partial charge in [-0.1, -0.05) is 25.0 Å². The van der Waals surface area contributed by atoms with E-state index in [0.29, 0.717) is 36.2 Å². The third kappa shape index (κ3) is 5.20. The largest absolute Gasteiger partial charge is 0.352 e. The molecule has 0 aliphatic carbocycles. The molecule has 39 heavy (non-hydrogen) atoms. The number of aryl methyl sites for hydroxylation is 3. The van der Waals surface area contributed by atoms with Crippen LogP contribution in [0.1, 0.15) is 48.7 Å². The first kappa shape index (κ1) is 26.0. The molecule has 0 atom stereocenters. The van der Waals surface area contributed by atoms with Crippen LogP contribution in [0.3, 0.4) is 0 Å². The maximum atomic E-state index is 12.9. The van der Waals surface area contributed by atoms with E-state index in [9.17, 15) is 19.2 Å². The Labute approximate surface area is 222 Å². The third-order valence-corrected chi connectivity index (χ3v) is 6.76. The number of para-hydroxylation sites is 2. The zero-order valence-electron chi connectivity index (χ0n) is 21.9. The number of benzene rings is 1. The number of amides is 1. The van der Waals surface area contributed by atoms with Gasteiger partial charge in [-0.05, 0) is 51.0 Å². The summed E-state index contributed by atoms with van der Waals surface area (Å²) in [5, 5.41) is 3.30. The van der Waals surface area contributed by atoms with Crippen molar-refractivity contribution >= 4 is 28.0 Å². The zero-order valence-corrected chi connectivity index (χ0v) is 21.9. The van der Waals surface area contributed by atoms with E-state index in [1.807, 2.05) is 47.2 Å². The van der Waals surface area contributed by atoms with Crippen LogP contribution in [0.15, 0.2) is 57.0 Å². The van der Waals surface area contributed by atoms with Gasteiger partial charge < -0.3 is 14.5 Å². The Morgan fingerprint density at radius 2 is 1.77 bits per heavy atom. The first-order valence-electron chi connectivity index (χ1n) is 13.1.